The van der Waals surface area contributed by atoms with Gasteiger partial charge in [0.25, 0.3) is 0 Å². The van der Waals surface area contributed by atoms with E-state index in [4.69, 9.17) is 9.84 Å². The van der Waals surface area contributed by atoms with Crippen LogP contribution in [0, 0.1) is 5.82 Å². The van der Waals surface area contributed by atoms with E-state index in [-0.39, 0.29) is 12.4 Å². The number of morpholine rings is 1. The molecule has 4 nitrogen and oxygen atoms in total. The van der Waals surface area contributed by atoms with E-state index >= 15 is 0 Å². The van der Waals surface area contributed by atoms with Gasteiger partial charge >= 0.3 is 0 Å². The molecule has 1 aliphatic heterocycles. The smallest absolute Gasteiger partial charge is 0.148 e. The first kappa shape index (κ1) is 13.1. The van der Waals surface area contributed by atoms with Gasteiger partial charge in [-0.1, -0.05) is 0 Å². The van der Waals surface area contributed by atoms with Gasteiger partial charge in [-0.25, -0.2) is 4.39 Å². The maximum absolute atomic E-state index is 14.0. The van der Waals surface area contributed by atoms with Crippen molar-refractivity contribution in [2.24, 2.45) is 0 Å². The van der Waals surface area contributed by atoms with Crippen LogP contribution in [0.1, 0.15) is 6.42 Å². The lowest BCUT2D eigenvalue weighted by atomic mass is 10.2. The number of hydrogen-bond acceptors (Lipinski definition) is 4. The Balaban J connectivity index is 2.00. The molecule has 0 spiro atoms. The molecule has 1 fully saturated rings. The van der Waals surface area contributed by atoms with Gasteiger partial charge in [-0.15, -0.1) is 0 Å². The molecule has 0 bridgehead atoms. The van der Waals surface area contributed by atoms with Gasteiger partial charge in [-0.3, -0.25) is 0 Å². The molecule has 2 rings (SSSR count). The van der Waals surface area contributed by atoms with Crippen LogP contribution in [0.15, 0.2) is 18.2 Å². The summed E-state index contributed by atoms with van der Waals surface area (Å²) >= 11 is 0. The van der Waals surface area contributed by atoms with Crippen LogP contribution in [0.2, 0.25) is 0 Å². The average Bonchev–Trinajstić information content (AvgIpc) is 2.40. The molecule has 5 heteroatoms. The Kier molecular flexibility index (Phi) is 4.78. The van der Waals surface area contributed by atoms with Crippen LogP contribution in [0.4, 0.5) is 15.8 Å². The highest BCUT2D eigenvalue weighted by atomic mass is 19.1. The fourth-order valence-corrected chi connectivity index (χ4v) is 1.99. The fraction of sp³-hybridized carbons (Fsp3) is 0.538. The standard InChI is InChI=1S/C13H19FN2O2/c14-12-10-11(15-4-1-7-17)2-3-13(12)16-5-8-18-9-6-16/h2-3,10,15,17H,1,4-9H2. The summed E-state index contributed by atoms with van der Waals surface area (Å²) in [4.78, 5) is 2.00. The Bertz CT molecular complexity index is 381. The summed E-state index contributed by atoms with van der Waals surface area (Å²) in [6.45, 7) is 3.54. The molecule has 0 atom stereocenters. The molecular weight excluding hydrogens is 235 g/mol. The zero-order valence-electron chi connectivity index (χ0n) is 10.4. The van der Waals surface area contributed by atoms with Crippen molar-refractivity contribution in [2.45, 2.75) is 6.42 Å². The van der Waals surface area contributed by atoms with Crippen molar-refractivity contribution in [1.82, 2.24) is 0 Å². The molecule has 0 aromatic heterocycles. The van der Waals surface area contributed by atoms with Gasteiger partial charge in [0.15, 0.2) is 0 Å². The molecule has 0 unspecified atom stereocenters. The zero-order valence-corrected chi connectivity index (χ0v) is 10.4. The summed E-state index contributed by atoms with van der Waals surface area (Å²) in [7, 11) is 0. The van der Waals surface area contributed by atoms with E-state index < -0.39 is 0 Å². The Morgan fingerprint density at radius 2 is 2.11 bits per heavy atom. The fourth-order valence-electron chi connectivity index (χ4n) is 1.99. The number of anilines is 2. The van der Waals surface area contributed by atoms with Gasteiger partial charge in [0, 0.05) is 31.9 Å². The molecule has 18 heavy (non-hydrogen) atoms. The third kappa shape index (κ3) is 3.34. The molecule has 0 radical (unpaired) electrons. The predicted octanol–water partition coefficient (Wildman–Crippen LogP) is 1.46. The Labute approximate surface area is 106 Å². The van der Waals surface area contributed by atoms with Crippen molar-refractivity contribution >= 4 is 11.4 Å². The minimum atomic E-state index is -0.217. The van der Waals surface area contributed by atoms with E-state index in [1.54, 1.807) is 6.07 Å². The number of ether oxygens (including phenoxy) is 1. The quantitative estimate of drug-likeness (QED) is 0.781. The lowest BCUT2D eigenvalue weighted by Crippen LogP contribution is -2.36. The molecule has 0 saturated carbocycles. The molecule has 1 aliphatic rings. The molecule has 0 aliphatic carbocycles. The minimum Gasteiger partial charge on any atom is -0.396 e. The zero-order chi connectivity index (χ0) is 12.8. The molecule has 2 N–H and O–H groups in total. The lowest BCUT2D eigenvalue weighted by Gasteiger charge is -2.29. The first-order valence-corrected chi connectivity index (χ1v) is 6.28. The third-order valence-corrected chi connectivity index (χ3v) is 2.96. The normalized spacial score (nSPS) is 15.8. The number of aliphatic hydroxyl groups is 1. The molecule has 100 valence electrons. The second-order valence-corrected chi connectivity index (χ2v) is 4.27. The van der Waals surface area contributed by atoms with Crippen LogP contribution in [-0.4, -0.2) is 44.6 Å². The van der Waals surface area contributed by atoms with E-state index in [0.29, 0.717) is 31.9 Å². The van der Waals surface area contributed by atoms with Gasteiger partial charge in [0.05, 0.1) is 18.9 Å². The first-order valence-electron chi connectivity index (χ1n) is 6.28. The van der Waals surface area contributed by atoms with Gasteiger partial charge in [0.1, 0.15) is 5.82 Å². The summed E-state index contributed by atoms with van der Waals surface area (Å²) < 4.78 is 19.2. The van der Waals surface area contributed by atoms with E-state index in [1.807, 2.05) is 11.0 Å². The second-order valence-electron chi connectivity index (χ2n) is 4.27. The molecule has 1 heterocycles. The van der Waals surface area contributed by atoms with Crippen LogP contribution < -0.4 is 10.2 Å². The largest absolute Gasteiger partial charge is 0.396 e. The van der Waals surface area contributed by atoms with E-state index in [1.165, 1.54) is 6.07 Å². The summed E-state index contributed by atoms with van der Waals surface area (Å²) in [5.74, 6) is -0.217. The average molecular weight is 254 g/mol. The minimum absolute atomic E-state index is 0.140. The number of aliphatic hydroxyl groups excluding tert-OH is 1. The predicted molar refractivity (Wildman–Crippen MR) is 69.6 cm³/mol. The van der Waals surface area contributed by atoms with Gasteiger partial charge in [-0.2, -0.15) is 0 Å². The molecule has 1 aromatic rings. The summed E-state index contributed by atoms with van der Waals surface area (Å²) in [5.41, 5.74) is 1.38. The van der Waals surface area contributed by atoms with Crippen LogP contribution >= 0.6 is 0 Å². The third-order valence-electron chi connectivity index (χ3n) is 2.96. The van der Waals surface area contributed by atoms with E-state index in [2.05, 4.69) is 5.32 Å². The van der Waals surface area contributed by atoms with E-state index in [9.17, 15) is 4.39 Å². The Morgan fingerprint density at radius 1 is 1.33 bits per heavy atom. The van der Waals surface area contributed by atoms with Crippen molar-refractivity contribution in [3.63, 3.8) is 0 Å². The molecule has 1 saturated heterocycles. The van der Waals surface area contributed by atoms with Crippen molar-refractivity contribution < 1.29 is 14.2 Å². The maximum Gasteiger partial charge on any atom is 0.148 e. The number of benzene rings is 1. The number of halogens is 1. The molecule has 1 aromatic carbocycles. The van der Waals surface area contributed by atoms with Crippen molar-refractivity contribution in [1.29, 1.82) is 0 Å². The van der Waals surface area contributed by atoms with Gasteiger partial charge in [-0.05, 0) is 24.6 Å². The summed E-state index contributed by atoms with van der Waals surface area (Å²) in [5, 5.41) is 11.8. The Hall–Kier alpha value is -1.33. The Morgan fingerprint density at radius 3 is 2.78 bits per heavy atom. The number of rotatable bonds is 5. The van der Waals surface area contributed by atoms with Crippen LogP contribution in [0.25, 0.3) is 0 Å². The highest BCUT2D eigenvalue weighted by Crippen LogP contribution is 2.23. The monoisotopic (exact) mass is 254 g/mol. The van der Waals surface area contributed by atoms with Crippen molar-refractivity contribution in [3.05, 3.63) is 24.0 Å². The summed E-state index contributed by atoms with van der Waals surface area (Å²) in [6.07, 6.45) is 0.660. The number of nitrogens with one attached hydrogen (secondary N) is 1. The van der Waals surface area contributed by atoms with Crippen LogP contribution in [-0.2, 0) is 4.74 Å². The number of nitrogens with zero attached hydrogens (tertiary/aromatic N) is 1. The molecule has 0 amide bonds. The van der Waals surface area contributed by atoms with Crippen molar-refractivity contribution in [3.8, 4) is 0 Å². The SMILES string of the molecule is OCCCNc1ccc(N2CCOCC2)c(F)c1. The second kappa shape index (κ2) is 6.56. The number of hydrogen-bond donors (Lipinski definition) is 2. The van der Waals surface area contributed by atoms with Gasteiger partial charge < -0.3 is 20.1 Å². The highest BCUT2D eigenvalue weighted by molar-refractivity contribution is 5.56. The van der Waals surface area contributed by atoms with Gasteiger partial charge in [0.2, 0.25) is 0 Å². The van der Waals surface area contributed by atoms with Crippen LogP contribution in [0.3, 0.4) is 0 Å². The molecular formula is C13H19FN2O2. The summed E-state index contributed by atoms with van der Waals surface area (Å²) in [6, 6.07) is 5.16. The highest BCUT2D eigenvalue weighted by Gasteiger charge is 2.15. The van der Waals surface area contributed by atoms with Crippen LogP contribution in [0.5, 0.6) is 0 Å². The maximum atomic E-state index is 14.0. The van der Waals surface area contributed by atoms with E-state index in [0.717, 1.165) is 18.8 Å². The lowest BCUT2D eigenvalue weighted by molar-refractivity contribution is 0.122. The van der Waals surface area contributed by atoms with Crippen molar-refractivity contribution in [2.75, 3.05) is 49.7 Å². The first-order chi connectivity index (χ1) is 8.81. The topological polar surface area (TPSA) is 44.7 Å².